The molecule has 3 fully saturated rings. The molecule has 1 saturated carbocycles. The van der Waals surface area contributed by atoms with Gasteiger partial charge in [-0.2, -0.15) is 0 Å². The van der Waals surface area contributed by atoms with Crippen molar-refractivity contribution in [2.24, 2.45) is 5.92 Å². The standard InChI is InChI=1S/C18H22ClN3O4S/c19-10-1-3-11(4-2-10)22-15-12(17(25)21-5-7-26-8-6-21)9-13(23)16(24)14(15)20-18(22)27/h1-4,12-16,23-24H,5-9H2,(H,20,27). The van der Waals surface area contributed by atoms with Crippen LogP contribution in [0.25, 0.3) is 0 Å². The van der Waals surface area contributed by atoms with Crippen molar-refractivity contribution in [1.29, 1.82) is 0 Å². The average molecular weight is 412 g/mol. The number of halogens is 1. The van der Waals surface area contributed by atoms with E-state index in [-0.39, 0.29) is 18.4 Å². The minimum absolute atomic E-state index is 0.0373. The number of anilines is 1. The number of hydrogen-bond donors (Lipinski definition) is 3. The highest BCUT2D eigenvalue weighted by atomic mass is 35.5. The zero-order valence-corrected chi connectivity index (χ0v) is 16.2. The molecule has 3 aliphatic rings. The molecular weight excluding hydrogens is 390 g/mol. The lowest BCUT2D eigenvalue weighted by molar-refractivity contribution is -0.145. The molecule has 1 aliphatic carbocycles. The highest BCUT2D eigenvalue weighted by molar-refractivity contribution is 7.80. The van der Waals surface area contributed by atoms with E-state index in [0.29, 0.717) is 36.4 Å². The number of thiocarbonyl (C=S) groups is 1. The van der Waals surface area contributed by atoms with Gasteiger partial charge < -0.3 is 30.1 Å². The number of aliphatic hydroxyl groups excluding tert-OH is 2. The van der Waals surface area contributed by atoms with Crippen LogP contribution in [-0.4, -0.2) is 76.7 Å². The van der Waals surface area contributed by atoms with E-state index in [1.807, 2.05) is 17.0 Å². The van der Waals surface area contributed by atoms with E-state index in [1.54, 1.807) is 17.0 Å². The van der Waals surface area contributed by atoms with Crippen LogP contribution in [-0.2, 0) is 9.53 Å². The summed E-state index contributed by atoms with van der Waals surface area (Å²) in [7, 11) is 0. The number of carbonyl (C=O) groups excluding carboxylic acids is 1. The average Bonchev–Trinajstić information content (AvgIpc) is 3.03. The second kappa shape index (κ2) is 7.52. The Morgan fingerprint density at radius 1 is 1.22 bits per heavy atom. The molecule has 1 amide bonds. The molecule has 7 nitrogen and oxygen atoms in total. The molecule has 1 aromatic rings. The predicted molar refractivity (Wildman–Crippen MR) is 105 cm³/mol. The maximum atomic E-state index is 13.2. The topological polar surface area (TPSA) is 85.3 Å². The van der Waals surface area contributed by atoms with Crippen molar-refractivity contribution >= 4 is 40.5 Å². The molecule has 27 heavy (non-hydrogen) atoms. The van der Waals surface area contributed by atoms with Gasteiger partial charge in [0.15, 0.2) is 5.11 Å². The highest BCUT2D eigenvalue weighted by Gasteiger charge is 2.54. The second-order valence-electron chi connectivity index (χ2n) is 7.15. The molecule has 5 atom stereocenters. The maximum Gasteiger partial charge on any atom is 0.228 e. The first-order valence-electron chi connectivity index (χ1n) is 9.05. The molecule has 0 spiro atoms. The molecule has 2 aliphatic heterocycles. The van der Waals surface area contributed by atoms with Crippen LogP contribution in [0.2, 0.25) is 5.02 Å². The lowest BCUT2D eigenvalue weighted by Gasteiger charge is -2.43. The Kier molecular flexibility index (Phi) is 5.26. The maximum absolute atomic E-state index is 13.2. The van der Waals surface area contributed by atoms with Gasteiger partial charge in [-0.05, 0) is 42.9 Å². The number of carbonyl (C=O) groups is 1. The summed E-state index contributed by atoms with van der Waals surface area (Å²) < 4.78 is 5.34. The molecule has 0 radical (unpaired) electrons. The van der Waals surface area contributed by atoms with Crippen LogP contribution in [0.5, 0.6) is 0 Å². The molecule has 1 aromatic carbocycles. The van der Waals surface area contributed by atoms with Crippen molar-refractivity contribution in [2.75, 3.05) is 31.2 Å². The van der Waals surface area contributed by atoms with Crippen LogP contribution >= 0.6 is 23.8 Å². The SMILES string of the molecule is O=C(C1CC(O)C(O)C2NC(=S)N(c3ccc(Cl)cc3)C12)N1CCOCC1. The molecule has 146 valence electrons. The molecule has 4 rings (SSSR count). The third-order valence-electron chi connectivity index (χ3n) is 5.59. The molecule has 9 heteroatoms. The Bertz CT molecular complexity index is 728. The Balaban J connectivity index is 1.68. The summed E-state index contributed by atoms with van der Waals surface area (Å²) in [4.78, 5) is 16.9. The summed E-state index contributed by atoms with van der Waals surface area (Å²) in [6.45, 7) is 2.08. The zero-order chi connectivity index (χ0) is 19.1. The van der Waals surface area contributed by atoms with Gasteiger partial charge in [0.25, 0.3) is 0 Å². The normalized spacial score (nSPS) is 33.6. The quantitative estimate of drug-likeness (QED) is 0.606. The van der Waals surface area contributed by atoms with Crippen LogP contribution in [0.15, 0.2) is 24.3 Å². The van der Waals surface area contributed by atoms with Gasteiger partial charge in [-0.1, -0.05) is 11.6 Å². The largest absolute Gasteiger partial charge is 0.390 e. The van der Waals surface area contributed by atoms with Crippen LogP contribution in [0.3, 0.4) is 0 Å². The number of nitrogens with one attached hydrogen (secondary N) is 1. The van der Waals surface area contributed by atoms with Gasteiger partial charge in [0.1, 0.15) is 6.10 Å². The fraction of sp³-hybridized carbons (Fsp3) is 0.556. The lowest BCUT2D eigenvalue weighted by Crippen LogP contribution is -2.61. The predicted octanol–water partition coefficient (Wildman–Crippen LogP) is 0.372. The van der Waals surface area contributed by atoms with Gasteiger partial charge in [0.05, 0.1) is 37.3 Å². The van der Waals surface area contributed by atoms with Gasteiger partial charge >= 0.3 is 0 Å². The summed E-state index contributed by atoms with van der Waals surface area (Å²) in [6, 6.07) is 6.30. The van der Waals surface area contributed by atoms with Crippen LogP contribution in [0.1, 0.15) is 6.42 Å². The zero-order valence-electron chi connectivity index (χ0n) is 14.6. The number of fused-ring (bicyclic) bond motifs is 1. The summed E-state index contributed by atoms with van der Waals surface area (Å²) in [5, 5.41) is 25.0. The smallest absolute Gasteiger partial charge is 0.228 e. The first kappa shape index (κ1) is 18.9. The number of benzene rings is 1. The Morgan fingerprint density at radius 2 is 1.89 bits per heavy atom. The first-order valence-corrected chi connectivity index (χ1v) is 9.84. The Labute approximate surface area is 167 Å². The summed E-state index contributed by atoms with van der Waals surface area (Å²) in [5.74, 6) is -0.528. The van der Waals surface area contributed by atoms with Crippen LogP contribution in [0.4, 0.5) is 5.69 Å². The first-order chi connectivity index (χ1) is 13.0. The molecule has 2 saturated heterocycles. The van der Waals surface area contributed by atoms with E-state index in [9.17, 15) is 15.0 Å². The van der Waals surface area contributed by atoms with E-state index >= 15 is 0 Å². The highest BCUT2D eigenvalue weighted by Crippen LogP contribution is 2.37. The fourth-order valence-corrected chi connectivity index (χ4v) is 4.73. The number of morpholine rings is 1. The summed E-state index contributed by atoms with van der Waals surface area (Å²) >= 11 is 11.5. The van der Waals surface area contributed by atoms with Crippen molar-refractivity contribution in [2.45, 2.75) is 30.7 Å². The number of hydrogen-bond acceptors (Lipinski definition) is 5. The third-order valence-corrected chi connectivity index (χ3v) is 6.16. The molecule has 0 aromatic heterocycles. The number of rotatable bonds is 2. The number of amides is 1. The van der Waals surface area contributed by atoms with E-state index in [1.165, 1.54) is 0 Å². The third kappa shape index (κ3) is 3.40. The van der Waals surface area contributed by atoms with Crippen molar-refractivity contribution in [3.8, 4) is 0 Å². The number of nitrogens with zero attached hydrogens (tertiary/aromatic N) is 2. The van der Waals surface area contributed by atoms with Crippen molar-refractivity contribution in [3.63, 3.8) is 0 Å². The van der Waals surface area contributed by atoms with Crippen molar-refractivity contribution < 1.29 is 19.7 Å². The number of aliphatic hydroxyl groups is 2. The van der Waals surface area contributed by atoms with Crippen molar-refractivity contribution in [1.82, 2.24) is 10.2 Å². The van der Waals surface area contributed by atoms with E-state index in [0.717, 1.165) is 5.69 Å². The van der Waals surface area contributed by atoms with Gasteiger partial charge in [-0.3, -0.25) is 4.79 Å². The summed E-state index contributed by atoms with van der Waals surface area (Å²) in [6.07, 6.45) is -1.80. The molecule has 2 heterocycles. The minimum Gasteiger partial charge on any atom is -0.390 e. The van der Waals surface area contributed by atoms with Gasteiger partial charge in [-0.25, -0.2) is 0 Å². The van der Waals surface area contributed by atoms with E-state index in [2.05, 4.69) is 5.32 Å². The molecule has 5 unspecified atom stereocenters. The van der Waals surface area contributed by atoms with E-state index < -0.39 is 24.2 Å². The van der Waals surface area contributed by atoms with Crippen LogP contribution in [0, 0.1) is 5.92 Å². The minimum atomic E-state index is -1.00. The molecule has 0 bridgehead atoms. The van der Waals surface area contributed by atoms with E-state index in [4.69, 9.17) is 28.6 Å². The fourth-order valence-electron chi connectivity index (χ4n) is 4.25. The monoisotopic (exact) mass is 411 g/mol. The number of ether oxygens (including phenoxy) is 1. The van der Waals surface area contributed by atoms with Gasteiger partial charge in [0, 0.05) is 23.8 Å². The Morgan fingerprint density at radius 3 is 2.56 bits per heavy atom. The van der Waals surface area contributed by atoms with Crippen molar-refractivity contribution in [3.05, 3.63) is 29.3 Å². The van der Waals surface area contributed by atoms with Crippen LogP contribution < -0.4 is 10.2 Å². The molecule has 3 N–H and O–H groups in total. The molecular formula is C18H22ClN3O4S. The lowest BCUT2D eigenvalue weighted by atomic mass is 9.77. The second-order valence-corrected chi connectivity index (χ2v) is 7.97. The van der Waals surface area contributed by atoms with Gasteiger partial charge in [0.2, 0.25) is 5.91 Å². The Hall–Kier alpha value is -1.45. The summed E-state index contributed by atoms with van der Waals surface area (Å²) in [5.41, 5.74) is 0.799. The van der Waals surface area contributed by atoms with Gasteiger partial charge in [-0.15, -0.1) is 0 Å².